The topological polar surface area (TPSA) is 43.8 Å². The first-order chi connectivity index (χ1) is 9.84. The molecule has 0 radical (unpaired) electrons. The lowest BCUT2D eigenvalue weighted by molar-refractivity contribution is 0.560. The van der Waals surface area contributed by atoms with Gasteiger partial charge in [0.2, 0.25) is 0 Å². The van der Waals surface area contributed by atoms with Crippen LogP contribution in [0.5, 0.6) is 0 Å². The van der Waals surface area contributed by atoms with Crippen molar-refractivity contribution in [3.63, 3.8) is 0 Å². The third-order valence-electron chi connectivity index (χ3n) is 4.28. The largest absolute Gasteiger partial charge is 0.324 e. The van der Waals surface area contributed by atoms with Gasteiger partial charge in [0, 0.05) is 35.7 Å². The van der Waals surface area contributed by atoms with E-state index >= 15 is 0 Å². The van der Waals surface area contributed by atoms with Crippen LogP contribution in [0.4, 0.5) is 0 Å². The highest BCUT2D eigenvalue weighted by molar-refractivity contribution is 5.89. The second-order valence-electron chi connectivity index (χ2n) is 5.46. The van der Waals surface area contributed by atoms with Gasteiger partial charge in [-0.1, -0.05) is 12.1 Å². The van der Waals surface area contributed by atoms with Crippen LogP contribution in [0.25, 0.3) is 16.5 Å². The van der Waals surface area contributed by atoms with Gasteiger partial charge in [-0.15, -0.1) is 0 Å². The van der Waals surface area contributed by atoms with E-state index in [9.17, 15) is 0 Å². The van der Waals surface area contributed by atoms with Crippen molar-refractivity contribution in [2.75, 3.05) is 0 Å². The van der Waals surface area contributed by atoms with Gasteiger partial charge in [0.15, 0.2) is 0 Å². The Bertz CT molecular complexity index is 768. The lowest BCUT2D eigenvalue weighted by Crippen LogP contribution is -2.17. The van der Waals surface area contributed by atoms with Crippen molar-refractivity contribution >= 4 is 10.8 Å². The van der Waals surface area contributed by atoms with E-state index in [0.717, 1.165) is 12.8 Å². The van der Waals surface area contributed by atoms with Gasteiger partial charge in [0.25, 0.3) is 0 Å². The molecule has 3 nitrogen and oxygen atoms in total. The molecule has 2 N–H and O–H groups in total. The molecule has 1 atom stereocenters. The average Bonchev–Trinajstić information content (AvgIpc) is 2.92. The molecule has 2 aromatic heterocycles. The number of hydrogen-bond acceptors (Lipinski definition) is 2. The van der Waals surface area contributed by atoms with Crippen molar-refractivity contribution in [2.45, 2.75) is 25.3 Å². The predicted molar refractivity (Wildman–Crippen MR) is 80.9 cm³/mol. The minimum absolute atomic E-state index is 0.188. The maximum atomic E-state index is 6.22. The molecular formula is C17H17N3. The van der Waals surface area contributed by atoms with Gasteiger partial charge in [-0.05, 0) is 48.4 Å². The fraction of sp³-hybridized carbons (Fsp3) is 0.235. The van der Waals surface area contributed by atoms with Crippen LogP contribution < -0.4 is 5.73 Å². The summed E-state index contributed by atoms with van der Waals surface area (Å²) in [5, 5.41) is 2.41. The van der Waals surface area contributed by atoms with E-state index in [1.54, 1.807) is 0 Å². The second-order valence-corrected chi connectivity index (χ2v) is 5.46. The first-order valence-corrected chi connectivity index (χ1v) is 7.13. The molecule has 20 heavy (non-hydrogen) atoms. The summed E-state index contributed by atoms with van der Waals surface area (Å²) >= 11 is 0. The van der Waals surface area contributed by atoms with Crippen LogP contribution in [-0.4, -0.2) is 9.55 Å². The SMILES string of the molecule is NC1CCCc2c1ccn2-c1cccc2ccncc12. The third kappa shape index (κ3) is 1.67. The Balaban J connectivity index is 1.96. The summed E-state index contributed by atoms with van der Waals surface area (Å²) in [6, 6.07) is 10.8. The minimum atomic E-state index is 0.188. The summed E-state index contributed by atoms with van der Waals surface area (Å²) in [5.74, 6) is 0. The van der Waals surface area contributed by atoms with Gasteiger partial charge in [0.1, 0.15) is 0 Å². The molecule has 3 heteroatoms. The van der Waals surface area contributed by atoms with Crippen LogP contribution in [0.15, 0.2) is 48.9 Å². The van der Waals surface area contributed by atoms with E-state index in [-0.39, 0.29) is 6.04 Å². The first-order valence-electron chi connectivity index (χ1n) is 7.13. The number of hydrogen-bond donors (Lipinski definition) is 1. The van der Waals surface area contributed by atoms with Crippen LogP contribution in [0.2, 0.25) is 0 Å². The molecule has 0 fully saturated rings. The van der Waals surface area contributed by atoms with Crippen molar-refractivity contribution < 1.29 is 0 Å². The van der Waals surface area contributed by atoms with Crippen LogP contribution >= 0.6 is 0 Å². The number of fused-ring (bicyclic) bond motifs is 2. The van der Waals surface area contributed by atoms with E-state index in [2.05, 4.69) is 46.1 Å². The van der Waals surface area contributed by atoms with Crippen molar-refractivity contribution in [2.24, 2.45) is 5.73 Å². The Kier molecular flexibility index (Phi) is 2.60. The third-order valence-corrected chi connectivity index (χ3v) is 4.28. The number of aromatic nitrogens is 2. The van der Waals surface area contributed by atoms with Crippen LogP contribution in [0, 0.1) is 0 Å². The maximum absolute atomic E-state index is 6.22. The van der Waals surface area contributed by atoms with Gasteiger partial charge in [-0.25, -0.2) is 0 Å². The fourth-order valence-electron chi connectivity index (χ4n) is 3.26. The van der Waals surface area contributed by atoms with Gasteiger partial charge in [-0.2, -0.15) is 0 Å². The van der Waals surface area contributed by atoms with Gasteiger partial charge in [0.05, 0.1) is 5.69 Å². The van der Waals surface area contributed by atoms with Crippen LogP contribution in [0.1, 0.15) is 30.1 Å². The van der Waals surface area contributed by atoms with Crippen molar-refractivity contribution in [1.82, 2.24) is 9.55 Å². The smallest absolute Gasteiger partial charge is 0.0546 e. The van der Waals surface area contributed by atoms with E-state index < -0.39 is 0 Å². The zero-order valence-electron chi connectivity index (χ0n) is 11.3. The summed E-state index contributed by atoms with van der Waals surface area (Å²) in [5.41, 5.74) is 10.1. The lowest BCUT2D eigenvalue weighted by atomic mass is 9.93. The number of rotatable bonds is 1. The average molecular weight is 263 g/mol. The predicted octanol–water partition coefficient (Wildman–Crippen LogP) is 3.36. The summed E-state index contributed by atoms with van der Waals surface area (Å²) in [6.45, 7) is 0. The summed E-state index contributed by atoms with van der Waals surface area (Å²) in [6.07, 6.45) is 9.30. The molecule has 0 aliphatic heterocycles. The van der Waals surface area contributed by atoms with E-state index in [1.165, 1.54) is 34.1 Å². The second kappa shape index (κ2) is 4.46. The summed E-state index contributed by atoms with van der Waals surface area (Å²) in [7, 11) is 0. The molecular weight excluding hydrogens is 246 g/mol. The van der Waals surface area contributed by atoms with Crippen molar-refractivity contribution in [1.29, 1.82) is 0 Å². The molecule has 1 unspecified atom stereocenters. The highest BCUT2D eigenvalue weighted by Crippen LogP contribution is 2.32. The molecule has 1 aliphatic rings. The number of nitrogens with two attached hydrogens (primary N) is 1. The van der Waals surface area contributed by atoms with Crippen molar-refractivity contribution in [3.8, 4) is 5.69 Å². The van der Waals surface area contributed by atoms with Gasteiger partial charge < -0.3 is 10.3 Å². The lowest BCUT2D eigenvalue weighted by Gasteiger charge is -2.21. The minimum Gasteiger partial charge on any atom is -0.324 e. The molecule has 1 aliphatic carbocycles. The maximum Gasteiger partial charge on any atom is 0.0546 e. The van der Waals surface area contributed by atoms with E-state index in [0.29, 0.717) is 0 Å². The Hall–Kier alpha value is -2.13. The van der Waals surface area contributed by atoms with E-state index in [1.807, 2.05) is 12.4 Å². The first kappa shape index (κ1) is 11.7. The molecule has 0 amide bonds. The normalized spacial score (nSPS) is 18.1. The van der Waals surface area contributed by atoms with Gasteiger partial charge >= 0.3 is 0 Å². The van der Waals surface area contributed by atoms with Crippen molar-refractivity contribution in [3.05, 3.63) is 60.2 Å². The monoisotopic (exact) mass is 263 g/mol. The molecule has 0 saturated carbocycles. The standard InChI is InChI=1S/C17H17N3/c18-15-4-2-6-16-13(15)8-10-20(16)17-5-1-3-12-7-9-19-11-14(12)17/h1,3,5,7-11,15H,2,4,6,18H2. The highest BCUT2D eigenvalue weighted by atomic mass is 15.0. The Morgan fingerprint density at radius 1 is 1.20 bits per heavy atom. The Labute approximate surface area is 118 Å². The molecule has 1 aromatic carbocycles. The molecule has 0 saturated heterocycles. The molecule has 100 valence electrons. The van der Waals surface area contributed by atoms with Crippen LogP contribution in [-0.2, 0) is 6.42 Å². The molecule has 0 spiro atoms. The van der Waals surface area contributed by atoms with Crippen LogP contribution in [0.3, 0.4) is 0 Å². The highest BCUT2D eigenvalue weighted by Gasteiger charge is 2.21. The zero-order valence-corrected chi connectivity index (χ0v) is 11.3. The number of benzene rings is 1. The quantitative estimate of drug-likeness (QED) is 0.731. The summed E-state index contributed by atoms with van der Waals surface area (Å²) in [4.78, 5) is 4.27. The van der Waals surface area contributed by atoms with Gasteiger partial charge in [-0.3, -0.25) is 4.98 Å². The molecule has 2 heterocycles. The Morgan fingerprint density at radius 3 is 3.10 bits per heavy atom. The van der Waals surface area contributed by atoms with E-state index in [4.69, 9.17) is 5.73 Å². The molecule has 3 aromatic rings. The fourth-order valence-corrected chi connectivity index (χ4v) is 3.26. The number of nitrogens with zero attached hydrogens (tertiary/aromatic N) is 2. The molecule has 0 bridgehead atoms. The zero-order chi connectivity index (χ0) is 13.5. The number of pyridine rings is 1. The summed E-state index contributed by atoms with van der Waals surface area (Å²) < 4.78 is 2.29. The molecule has 4 rings (SSSR count). The Morgan fingerprint density at radius 2 is 2.15 bits per heavy atom.